The van der Waals surface area contributed by atoms with Crippen molar-refractivity contribution in [3.05, 3.63) is 70.9 Å². The maximum absolute atomic E-state index is 13.3. The number of halogens is 1. The summed E-state index contributed by atoms with van der Waals surface area (Å²) >= 11 is 6.20. The lowest BCUT2D eigenvalue weighted by atomic mass is 9.95. The number of rotatable bonds is 11. The molecule has 1 aliphatic heterocycles. The number of hydrogen-bond donors (Lipinski definition) is 2. The Kier molecular flexibility index (Phi) is 7.66. The fourth-order valence-corrected chi connectivity index (χ4v) is 4.63. The second kappa shape index (κ2) is 10.9. The van der Waals surface area contributed by atoms with E-state index >= 15 is 0 Å². The molecule has 0 aliphatic carbocycles. The van der Waals surface area contributed by atoms with E-state index in [1.165, 1.54) is 18.9 Å². The predicted octanol–water partition coefficient (Wildman–Crippen LogP) is 6.13. The molecule has 1 aromatic heterocycles. The molecule has 0 fully saturated rings. The van der Waals surface area contributed by atoms with E-state index in [1.807, 2.05) is 18.2 Å². The number of phenols is 1. The van der Waals surface area contributed by atoms with E-state index in [4.69, 9.17) is 21.1 Å². The molecular formula is C27H30ClN3O4. The van der Waals surface area contributed by atoms with Gasteiger partial charge in [-0.3, -0.25) is 9.89 Å². The van der Waals surface area contributed by atoms with Gasteiger partial charge < -0.3 is 19.5 Å². The lowest BCUT2D eigenvalue weighted by Crippen LogP contribution is -2.29. The first-order chi connectivity index (χ1) is 17.0. The molecular weight excluding hydrogens is 466 g/mol. The third-order valence-electron chi connectivity index (χ3n) is 6.16. The highest BCUT2D eigenvalue weighted by Crippen LogP contribution is 2.46. The Morgan fingerprint density at radius 2 is 2.03 bits per heavy atom. The van der Waals surface area contributed by atoms with Crippen LogP contribution in [0.5, 0.6) is 17.2 Å². The second-order valence-corrected chi connectivity index (χ2v) is 8.93. The summed E-state index contributed by atoms with van der Waals surface area (Å²) in [6.45, 7) is 6.95. The van der Waals surface area contributed by atoms with E-state index < -0.39 is 6.04 Å². The van der Waals surface area contributed by atoms with Crippen LogP contribution >= 0.6 is 11.6 Å². The van der Waals surface area contributed by atoms with Gasteiger partial charge in [0.25, 0.3) is 5.91 Å². The second-order valence-electron chi connectivity index (χ2n) is 8.49. The molecule has 1 amide bonds. The van der Waals surface area contributed by atoms with Gasteiger partial charge in [0.1, 0.15) is 17.1 Å². The predicted molar refractivity (Wildman–Crippen MR) is 136 cm³/mol. The van der Waals surface area contributed by atoms with Gasteiger partial charge in [-0.05, 0) is 42.3 Å². The van der Waals surface area contributed by atoms with Gasteiger partial charge in [-0.25, -0.2) is 0 Å². The number of hydrogen-bond acceptors (Lipinski definition) is 5. The Bertz CT molecular complexity index is 1220. The molecule has 1 unspecified atom stereocenters. The number of nitrogens with zero attached hydrogens (tertiary/aromatic N) is 2. The normalized spacial score (nSPS) is 14.8. The number of unbranched alkanes of at least 4 members (excludes halogenated alkanes) is 3. The summed E-state index contributed by atoms with van der Waals surface area (Å²) in [6, 6.07) is 9.99. The Hall–Kier alpha value is -3.45. The number of aromatic nitrogens is 2. The summed E-state index contributed by atoms with van der Waals surface area (Å²) in [5, 5.41) is 18.2. The highest BCUT2D eigenvalue weighted by Gasteiger charge is 2.42. The van der Waals surface area contributed by atoms with E-state index in [0.29, 0.717) is 52.2 Å². The van der Waals surface area contributed by atoms with E-state index in [1.54, 1.807) is 30.2 Å². The molecule has 0 saturated carbocycles. The van der Waals surface area contributed by atoms with Crippen molar-refractivity contribution in [2.45, 2.75) is 38.6 Å². The van der Waals surface area contributed by atoms with Crippen LogP contribution in [0.1, 0.15) is 60.3 Å². The van der Waals surface area contributed by atoms with Crippen LogP contribution in [0.3, 0.4) is 0 Å². The molecule has 0 bridgehead atoms. The van der Waals surface area contributed by atoms with Crippen LogP contribution in [0, 0.1) is 0 Å². The largest absolute Gasteiger partial charge is 0.507 e. The number of phenolic OH excluding ortho intramolecular Hbond substituents is 1. The molecule has 4 rings (SSSR count). The Labute approximate surface area is 210 Å². The summed E-state index contributed by atoms with van der Waals surface area (Å²) in [5.74, 6) is 1.09. The third kappa shape index (κ3) is 4.86. The number of nitrogens with one attached hydrogen (secondary N) is 1. The van der Waals surface area contributed by atoms with Crippen molar-refractivity contribution >= 4 is 17.5 Å². The highest BCUT2D eigenvalue weighted by molar-refractivity contribution is 6.31. The first-order valence-corrected chi connectivity index (χ1v) is 12.2. The summed E-state index contributed by atoms with van der Waals surface area (Å²) in [4.78, 5) is 15.0. The molecule has 2 heterocycles. The first kappa shape index (κ1) is 24.7. The van der Waals surface area contributed by atoms with Crippen LogP contribution in [-0.4, -0.2) is 46.4 Å². The van der Waals surface area contributed by atoms with Gasteiger partial charge in [0.15, 0.2) is 11.5 Å². The van der Waals surface area contributed by atoms with Gasteiger partial charge in [0, 0.05) is 22.7 Å². The van der Waals surface area contributed by atoms with Crippen molar-refractivity contribution < 1.29 is 19.4 Å². The van der Waals surface area contributed by atoms with Crippen LogP contribution < -0.4 is 9.47 Å². The topological polar surface area (TPSA) is 87.7 Å². The van der Waals surface area contributed by atoms with E-state index in [-0.39, 0.29) is 11.7 Å². The molecule has 3 aromatic rings. The molecule has 1 aliphatic rings. The fraction of sp³-hybridized carbons (Fsp3) is 0.333. The number of methoxy groups -OCH3 is 1. The molecule has 2 aromatic carbocycles. The van der Waals surface area contributed by atoms with Gasteiger partial charge in [-0.1, -0.05) is 49.9 Å². The standard InChI is InChI=1S/C27H30ClN3O4/c1-4-6-7-8-14-35-21-12-9-17(15-22(21)34-3)26-23-24(19-16-18(28)10-11-20(19)32)29-30-25(23)27(33)31(26)13-5-2/h5,9-12,15-16,26,32H,2,4,6-8,13-14H2,1,3H3,(H,29,30). The van der Waals surface area contributed by atoms with Gasteiger partial charge in [0.05, 0.1) is 19.8 Å². The minimum Gasteiger partial charge on any atom is -0.507 e. The number of aromatic amines is 1. The quantitative estimate of drug-likeness (QED) is 0.246. The average Bonchev–Trinajstić information content (AvgIpc) is 3.40. The molecule has 0 spiro atoms. The highest BCUT2D eigenvalue weighted by atomic mass is 35.5. The zero-order chi connectivity index (χ0) is 24.9. The summed E-state index contributed by atoms with van der Waals surface area (Å²) in [6.07, 6.45) is 6.15. The minimum atomic E-state index is -0.463. The van der Waals surface area contributed by atoms with E-state index in [9.17, 15) is 9.90 Å². The first-order valence-electron chi connectivity index (χ1n) is 11.8. The van der Waals surface area contributed by atoms with Crippen molar-refractivity contribution in [1.82, 2.24) is 15.1 Å². The summed E-state index contributed by atoms with van der Waals surface area (Å²) < 4.78 is 11.6. The van der Waals surface area contributed by atoms with Crippen LogP contribution in [0.15, 0.2) is 49.1 Å². The number of amides is 1. The zero-order valence-electron chi connectivity index (χ0n) is 20.0. The number of fused-ring (bicyclic) bond motifs is 1. The minimum absolute atomic E-state index is 0.0291. The number of ether oxygens (including phenoxy) is 2. The van der Waals surface area contributed by atoms with Crippen molar-refractivity contribution in [3.63, 3.8) is 0 Å². The molecule has 1 atom stereocenters. The van der Waals surface area contributed by atoms with Gasteiger partial charge in [-0.2, -0.15) is 5.10 Å². The maximum Gasteiger partial charge on any atom is 0.273 e. The van der Waals surface area contributed by atoms with Gasteiger partial charge in [0.2, 0.25) is 0 Å². The molecule has 7 nitrogen and oxygen atoms in total. The number of carbonyl (C=O) groups excluding carboxylic acids is 1. The molecule has 184 valence electrons. The van der Waals surface area contributed by atoms with Crippen LogP contribution in [0.4, 0.5) is 0 Å². The SMILES string of the molecule is C=CCN1C(=O)c2[nH]nc(-c3cc(Cl)ccc3O)c2C1c1ccc(OCCCCCC)c(OC)c1. The average molecular weight is 496 g/mol. The fourth-order valence-electron chi connectivity index (χ4n) is 4.46. The Morgan fingerprint density at radius 1 is 1.20 bits per heavy atom. The van der Waals surface area contributed by atoms with Crippen LogP contribution in [0.2, 0.25) is 5.02 Å². The molecule has 35 heavy (non-hydrogen) atoms. The monoisotopic (exact) mass is 495 g/mol. The Morgan fingerprint density at radius 3 is 2.77 bits per heavy atom. The van der Waals surface area contributed by atoms with Crippen LogP contribution in [-0.2, 0) is 0 Å². The number of H-pyrrole nitrogens is 1. The molecule has 0 saturated heterocycles. The lowest BCUT2D eigenvalue weighted by Gasteiger charge is -2.26. The number of carbonyl (C=O) groups is 1. The third-order valence-corrected chi connectivity index (χ3v) is 6.40. The summed E-state index contributed by atoms with van der Waals surface area (Å²) in [5.41, 5.74) is 2.80. The zero-order valence-corrected chi connectivity index (χ0v) is 20.8. The van der Waals surface area contributed by atoms with Gasteiger partial charge in [-0.15, -0.1) is 6.58 Å². The van der Waals surface area contributed by atoms with Crippen molar-refractivity contribution in [3.8, 4) is 28.5 Å². The molecule has 2 N–H and O–H groups in total. The van der Waals surface area contributed by atoms with Crippen molar-refractivity contribution in [2.24, 2.45) is 0 Å². The van der Waals surface area contributed by atoms with Crippen molar-refractivity contribution in [1.29, 1.82) is 0 Å². The van der Waals surface area contributed by atoms with Crippen LogP contribution in [0.25, 0.3) is 11.3 Å². The van der Waals surface area contributed by atoms with E-state index in [2.05, 4.69) is 23.7 Å². The maximum atomic E-state index is 13.3. The van der Waals surface area contributed by atoms with Gasteiger partial charge >= 0.3 is 0 Å². The summed E-state index contributed by atoms with van der Waals surface area (Å²) in [7, 11) is 1.60. The number of aromatic hydroxyl groups is 1. The molecule has 0 radical (unpaired) electrons. The molecule has 8 heteroatoms. The smallest absolute Gasteiger partial charge is 0.273 e. The number of benzene rings is 2. The van der Waals surface area contributed by atoms with Crippen molar-refractivity contribution in [2.75, 3.05) is 20.3 Å². The van der Waals surface area contributed by atoms with E-state index in [0.717, 1.165) is 18.4 Å². The lowest BCUT2D eigenvalue weighted by molar-refractivity contribution is 0.0764. The Balaban J connectivity index is 1.74.